The quantitative estimate of drug-likeness (QED) is 0.928. The third-order valence-electron chi connectivity index (χ3n) is 4.40. The number of pyridine rings is 1. The Kier molecular flexibility index (Phi) is 3.99. The third kappa shape index (κ3) is 2.84. The first-order valence-corrected chi connectivity index (χ1v) is 7.50. The minimum absolute atomic E-state index is 0.663. The minimum atomic E-state index is 0.663. The van der Waals surface area contributed by atoms with Crippen molar-refractivity contribution in [3.63, 3.8) is 0 Å². The van der Waals surface area contributed by atoms with E-state index in [9.17, 15) is 0 Å². The molecule has 0 aliphatic carbocycles. The lowest BCUT2D eigenvalue weighted by molar-refractivity contribution is 0.143. The summed E-state index contributed by atoms with van der Waals surface area (Å²) in [6.45, 7) is 5.61. The Hall–Kier alpha value is -1.45. The molecular formula is C17H23N3. The van der Waals surface area contributed by atoms with Crippen LogP contribution in [0.5, 0.6) is 0 Å². The number of fused-ring (bicyclic) bond motifs is 1. The Morgan fingerprint density at radius 2 is 2.10 bits per heavy atom. The van der Waals surface area contributed by atoms with E-state index in [2.05, 4.69) is 60.6 Å². The van der Waals surface area contributed by atoms with Crippen molar-refractivity contribution >= 4 is 10.9 Å². The average Bonchev–Trinajstić information content (AvgIpc) is 2.47. The third-order valence-corrected chi connectivity index (χ3v) is 4.40. The van der Waals surface area contributed by atoms with Crippen LogP contribution in [0.15, 0.2) is 36.4 Å². The molecule has 3 nitrogen and oxygen atoms in total. The molecule has 3 rings (SSSR count). The van der Waals surface area contributed by atoms with Crippen LogP contribution in [0.4, 0.5) is 0 Å². The number of hydrogen-bond acceptors (Lipinski definition) is 3. The molecule has 0 amide bonds. The minimum Gasteiger partial charge on any atom is -0.317 e. The number of para-hydroxylation sites is 1. The van der Waals surface area contributed by atoms with Crippen molar-refractivity contribution in [2.45, 2.75) is 25.9 Å². The van der Waals surface area contributed by atoms with Gasteiger partial charge in [-0.1, -0.05) is 31.2 Å². The highest BCUT2D eigenvalue weighted by atomic mass is 15.2. The molecule has 2 aromatic rings. The second-order valence-electron chi connectivity index (χ2n) is 5.89. The van der Waals surface area contributed by atoms with E-state index in [-0.39, 0.29) is 0 Å². The average molecular weight is 269 g/mol. The molecule has 20 heavy (non-hydrogen) atoms. The monoisotopic (exact) mass is 269 g/mol. The van der Waals surface area contributed by atoms with Crippen molar-refractivity contribution in [2.24, 2.45) is 5.92 Å². The molecule has 1 aliphatic heterocycles. The molecule has 2 unspecified atom stereocenters. The van der Waals surface area contributed by atoms with Crippen LogP contribution in [0, 0.1) is 5.92 Å². The first-order chi connectivity index (χ1) is 9.76. The lowest BCUT2D eigenvalue weighted by atomic mass is 9.94. The highest BCUT2D eigenvalue weighted by molar-refractivity contribution is 5.78. The Labute approximate surface area is 121 Å². The molecular weight excluding hydrogens is 246 g/mol. The second kappa shape index (κ2) is 5.90. The lowest BCUT2D eigenvalue weighted by Gasteiger charge is -2.36. The van der Waals surface area contributed by atoms with Gasteiger partial charge in [-0.05, 0) is 31.5 Å². The van der Waals surface area contributed by atoms with Gasteiger partial charge >= 0.3 is 0 Å². The van der Waals surface area contributed by atoms with Gasteiger partial charge in [0.15, 0.2) is 0 Å². The number of nitrogens with zero attached hydrogens (tertiary/aromatic N) is 2. The normalized spacial score (nSPS) is 24.1. The predicted molar refractivity (Wildman–Crippen MR) is 83.6 cm³/mol. The van der Waals surface area contributed by atoms with Crippen molar-refractivity contribution in [1.29, 1.82) is 0 Å². The fourth-order valence-electron chi connectivity index (χ4n) is 3.23. The standard InChI is InChI=1S/C17H23N3/c1-13-11-20(10-9-16(13)18-2)12-15-8-7-14-5-3-4-6-17(14)19-15/h3-8,13,16,18H,9-12H2,1-2H3. The van der Waals surface area contributed by atoms with Gasteiger partial charge in [0.2, 0.25) is 0 Å². The van der Waals surface area contributed by atoms with Gasteiger partial charge in [0, 0.05) is 31.1 Å². The first kappa shape index (κ1) is 13.5. The summed E-state index contributed by atoms with van der Waals surface area (Å²) in [5, 5.41) is 4.64. The van der Waals surface area contributed by atoms with Gasteiger partial charge in [0.25, 0.3) is 0 Å². The van der Waals surface area contributed by atoms with Gasteiger partial charge < -0.3 is 5.32 Å². The largest absolute Gasteiger partial charge is 0.317 e. The zero-order valence-corrected chi connectivity index (χ0v) is 12.3. The van der Waals surface area contributed by atoms with Crippen molar-refractivity contribution in [1.82, 2.24) is 15.2 Å². The molecule has 0 spiro atoms. The molecule has 0 radical (unpaired) electrons. The van der Waals surface area contributed by atoms with Gasteiger partial charge in [0.05, 0.1) is 11.2 Å². The van der Waals surface area contributed by atoms with Crippen LogP contribution in [0.1, 0.15) is 19.0 Å². The van der Waals surface area contributed by atoms with E-state index in [4.69, 9.17) is 4.98 Å². The summed E-state index contributed by atoms with van der Waals surface area (Å²) in [4.78, 5) is 7.30. The summed E-state index contributed by atoms with van der Waals surface area (Å²) in [7, 11) is 2.07. The molecule has 1 N–H and O–H groups in total. The number of aromatic nitrogens is 1. The summed E-state index contributed by atoms with van der Waals surface area (Å²) in [6.07, 6.45) is 1.23. The van der Waals surface area contributed by atoms with Gasteiger partial charge in [-0.15, -0.1) is 0 Å². The number of benzene rings is 1. The second-order valence-corrected chi connectivity index (χ2v) is 5.89. The number of hydrogen-bond donors (Lipinski definition) is 1. The first-order valence-electron chi connectivity index (χ1n) is 7.50. The van der Waals surface area contributed by atoms with Crippen LogP contribution in [-0.2, 0) is 6.54 Å². The summed E-state index contributed by atoms with van der Waals surface area (Å²) >= 11 is 0. The molecule has 1 aliphatic rings. The smallest absolute Gasteiger partial charge is 0.0705 e. The highest BCUT2D eigenvalue weighted by Gasteiger charge is 2.24. The van der Waals surface area contributed by atoms with Crippen molar-refractivity contribution < 1.29 is 0 Å². The topological polar surface area (TPSA) is 28.2 Å². The molecule has 3 heteroatoms. The summed E-state index contributed by atoms with van der Waals surface area (Å²) < 4.78 is 0. The van der Waals surface area contributed by atoms with Crippen LogP contribution in [-0.4, -0.2) is 36.1 Å². The van der Waals surface area contributed by atoms with Crippen LogP contribution < -0.4 is 5.32 Å². The predicted octanol–water partition coefficient (Wildman–Crippen LogP) is 2.66. The maximum atomic E-state index is 4.78. The van der Waals surface area contributed by atoms with E-state index in [1.165, 1.54) is 17.5 Å². The van der Waals surface area contributed by atoms with Gasteiger partial charge in [0.1, 0.15) is 0 Å². The number of piperidine rings is 1. The molecule has 1 aromatic carbocycles. The van der Waals surface area contributed by atoms with Crippen LogP contribution in [0.25, 0.3) is 10.9 Å². The van der Waals surface area contributed by atoms with Crippen LogP contribution in [0.2, 0.25) is 0 Å². The maximum Gasteiger partial charge on any atom is 0.0705 e. The van der Waals surface area contributed by atoms with Gasteiger partial charge in [-0.2, -0.15) is 0 Å². The Balaban J connectivity index is 1.70. The fraction of sp³-hybridized carbons (Fsp3) is 0.471. The van der Waals surface area contributed by atoms with Gasteiger partial charge in [-0.25, -0.2) is 0 Å². The molecule has 1 fully saturated rings. The lowest BCUT2D eigenvalue weighted by Crippen LogP contribution is -2.46. The number of likely N-dealkylation sites (tertiary alicyclic amines) is 1. The Morgan fingerprint density at radius 1 is 1.25 bits per heavy atom. The molecule has 1 saturated heterocycles. The Morgan fingerprint density at radius 3 is 2.90 bits per heavy atom. The zero-order valence-electron chi connectivity index (χ0n) is 12.3. The van der Waals surface area contributed by atoms with E-state index < -0.39 is 0 Å². The molecule has 106 valence electrons. The maximum absolute atomic E-state index is 4.78. The molecule has 2 heterocycles. The van der Waals surface area contributed by atoms with E-state index >= 15 is 0 Å². The van der Waals surface area contributed by atoms with E-state index in [1.807, 2.05) is 0 Å². The summed E-state index contributed by atoms with van der Waals surface area (Å²) in [5.41, 5.74) is 2.28. The number of rotatable bonds is 3. The molecule has 0 bridgehead atoms. The fourth-order valence-corrected chi connectivity index (χ4v) is 3.23. The van der Waals surface area contributed by atoms with Gasteiger partial charge in [-0.3, -0.25) is 9.88 Å². The van der Waals surface area contributed by atoms with E-state index in [0.717, 1.165) is 25.2 Å². The summed E-state index contributed by atoms with van der Waals surface area (Å²) in [6, 6.07) is 13.3. The molecule has 0 saturated carbocycles. The zero-order chi connectivity index (χ0) is 13.9. The van der Waals surface area contributed by atoms with E-state index in [0.29, 0.717) is 12.0 Å². The van der Waals surface area contributed by atoms with Crippen LogP contribution in [0.3, 0.4) is 0 Å². The molecule has 2 atom stereocenters. The Bertz CT molecular complexity index is 581. The van der Waals surface area contributed by atoms with Crippen molar-refractivity contribution in [2.75, 3.05) is 20.1 Å². The van der Waals surface area contributed by atoms with Crippen molar-refractivity contribution in [3.8, 4) is 0 Å². The summed E-state index contributed by atoms with van der Waals surface area (Å²) in [5.74, 6) is 0.703. The van der Waals surface area contributed by atoms with E-state index in [1.54, 1.807) is 0 Å². The highest BCUT2D eigenvalue weighted by Crippen LogP contribution is 2.19. The molecule has 1 aromatic heterocycles. The van der Waals surface area contributed by atoms with Crippen molar-refractivity contribution in [3.05, 3.63) is 42.1 Å². The number of nitrogens with one attached hydrogen (secondary N) is 1. The van der Waals surface area contributed by atoms with Crippen LogP contribution >= 0.6 is 0 Å². The SMILES string of the molecule is CNC1CCN(Cc2ccc3ccccc3n2)CC1C.